The largest absolute Gasteiger partial charge is 0.392 e. The van der Waals surface area contributed by atoms with Gasteiger partial charge >= 0.3 is 0 Å². The van der Waals surface area contributed by atoms with Gasteiger partial charge in [0.2, 0.25) is 6.33 Å². The maximum Gasteiger partial charge on any atom is 0.243 e. The minimum atomic E-state index is -0.333. The molecule has 0 aliphatic carbocycles. The standard InChI is InChI=1S/C8H15N2O2/c1-8(12)6-10-3-2-9(7-10)4-5-11/h2-3,7-8,11-12H,4-6H2,1H3/q+1. The van der Waals surface area contributed by atoms with Crippen LogP contribution in [0.15, 0.2) is 18.7 Å². The molecule has 1 aromatic heterocycles. The van der Waals surface area contributed by atoms with Crippen LogP contribution in [0.2, 0.25) is 0 Å². The predicted molar refractivity (Wildman–Crippen MR) is 43.4 cm³/mol. The van der Waals surface area contributed by atoms with Crippen LogP contribution in [0.4, 0.5) is 0 Å². The Balaban J connectivity index is 2.52. The summed E-state index contributed by atoms with van der Waals surface area (Å²) in [6.07, 6.45) is 5.28. The van der Waals surface area contributed by atoms with Gasteiger partial charge in [0, 0.05) is 0 Å². The molecule has 0 aromatic carbocycles. The molecule has 0 fully saturated rings. The Morgan fingerprint density at radius 3 is 2.92 bits per heavy atom. The zero-order valence-corrected chi connectivity index (χ0v) is 7.22. The molecular weight excluding hydrogens is 156 g/mol. The lowest BCUT2D eigenvalue weighted by Crippen LogP contribution is -2.36. The van der Waals surface area contributed by atoms with E-state index in [1.807, 2.05) is 27.9 Å². The zero-order chi connectivity index (χ0) is 8.97. The summed E-state index contributed by atoms with van der Waals surface area (Å²) < 4.78 is 3.77. The van der Waals surface area contributed by atoms with E-state index in [1.165, 1.54) is 0 Å². The van der Waals surface area contributed by atoms with E-state index in [9.17, 15) is 0 Å². The monoisotopic (exact) mass is 171 g/mol. The minimum absolute atomic E-state index is 0.142. The van der Waals surface area contributed by atoms with Crippen molar-refractivity contribution in [3.05, 3.63) is 18.7 Å². The van der Waals surface area contributed by atoms with E-state index in [4.69, 9.17) is 10.2 Å². The number of imidazole rings is 1. The number of hydrogen-bond acceptors (Lipinski definition) is 2. The molecule has 0 aliphatic heterocycles. The van der Waals surface area contributed by atoms with Crippen molar-refractivity contribution in [1.82, 2.24) is 4.57 Å². The van der Waals surface area contributed by atoms with Crippen molar-refractivity contribution in [2.24, 2.45) is 0 Å². The fourth-order valence-corrected chi connectivity index (χ4v) is 1.10. The summed E-state index contributed by atoms with van der Waals surface area (Å²) in [5, 5.41) is 17.7. The molecule has 0 bridgehead atoms. The number of nitrogens with zero attached hydrogens (tertiary/aromatic N) is 2. The van der Waals surface area contributed by atoms with E-state index < -0.39 is 0 Å². The lowest BCUT2D eigenvalue weighted by Gasteiger charge is -1.97. The number of rotatable bonds is 4. The predicted octanol–water partition coefficient (Wildman–Crippen LogP) is -0.851. The van der Waals surface area contributed by atoms with Crippen LogP contribution in [-0.4, -0.2) is 27.5 Å². The van der Waals surface area contributed by atoms with Gasteiger partial charge in [-0.2, -0.15) is 0 Å². The molecule has 4 nitrogen and oxygen atoms in total. The lowest BCUT2D eigenvalue weighted by atomic mass is 10.4. The Morgan fingerprint density at radius 1 is 1.58 bits per heavy atom. The van der Waals surface area contributed by atoms with E-state index in [1.54, 1.807) is 6.92 Å². The molecule has 4 heteroatoms. The average molecular weight is 171 g/mol. The average Bonchev–Trinajstić information content (AvgIpc) is 2.36. The van der Waals surface area contributed by atoms with Gasteiger partial charge in [0.05, 0.1) is 12.7 Å². The third kappa shape index (κ3) is 2.64. The Morgan fingerprint density at radius 2 is 2.33 bits per heavy atom. The molecule has 0 amide bonds. The van der Waals surface area contributed by atoms with Crippen molar-refractivity contribution in [3.8, 4) is 0 Å². The second-order valence-corrected chi connectivity index (χ2v) is 2.92. The number of aliphatic hydroxyl groups excluding tert-OH is 2. The fraction of sp³-hybridized carbons (Fsp3) is 0.625. The first-order chi connectivity index (χ1) is 5.72. The van der Waals surface area contributed by atoms with Crippen LogP contribution in [0, 0.1) is 0 Å². The molecule has 0 radical (unpaired) electrons. The van der Waals surface area contributed by atoms with E-state index in [0.717, 1.165) is 0 Å². The molecule has 0 saturated carbocycles. The summed E-state index contributed by atoms with van der Waals surface area (Å²) in [6, 6.07) is 0. The van der Waals surface area contributed by atoms with E-state index in [0.29, 0.717) is 13.1 Å². The summed E-state index contributed by atoms with van der Waals surface area (Å²) in [6.45, 7) is 3.09. The smallest absolute Gasteiger partial charge is 0.243 e. The van der Waals surface area contributed by atoms with Crippen molar-refractivity contribution in [2.75, 3.05) is 6.61 Å². The molecular formula is C8H15N2O2+. The van der Waals surface area contributed by atoms with Gasteiger partial charge in [0.1, 0.15) is 25.5 Å². The number of aromatic nitrogens is 2. The Kier molecular flexibility index (Phi) is 3.25. The van der Waals surface area contributed by atoms with Crippen LogP contribution >= 0.6 is 0 Å². The molecule has 1 aromatic rings. The SMILES string of the molecule is CC(O)C[n+]1ccn(CCO)c1. The molecule has 1 atom stereocenters. The minimum Gasteiger partial charge on any atom is -0.392 e. The van der Waals surface area contributed by atoms with Gasteiger partial charge in [0.25, 0.3) is 0 Å². The van der Waals surface area contributed by atoms with Crippen molar-refractivity contribution in [3.63, 3.8) is 0 Å². The highest BCUT2D eigenvalue weighted by molar-refractivity contribution is 4.65. The van der Waals surface area contributed by atoms with Gasteiger partial charge in [-0.15, -0.1) is 0 Å². The molecule has 12 heavy (non-hydrogen) atoms. The highest BCUT2D eigenvalue weighted by Crippen LogP contribution is 1.85. The summed E-state index contributed by atoms with van der Waals surface area (Å²) in [7, 11) is 0. The quantitative estimate of drug-likeness (QED) is 0.580. The first-order valence-electron chi connectivity index (χ1n) is 4.06. The van der Waals surface area contributed by atoms with Crippen molar-refractivity contribution in [2.45, 2.75) is 26.1 Å². The number of aliphatic hydroxyl groups is 2. The van der Waals surface area contributed by atoms with Crippen molar-refractivity contribution in [1.29, 1.82) is 0 Å². The van der Waals surface area contributed by atoms with Crippen molar-refractivity contribution < 1.29 is 14.8 Å². The van der Waals surface area contributed by atoms with Gasteiger partial charge in [-0.25, -0.2) is 9.13 Å². The van der Waals surface area contributed by atoms with Crippen molar-refractivity contribution >= 4 is 0 Å². The Bertz CT molecular complexity index is 233. The molecule has 1 rings (SSSR count). The normalized spacial score (nSPS) is 13.2. The van der Waals surface area contributed by atoms with Crippen LogP contribution < -0.4 is 4.57 Å². The van der Waals surface area contributed by atoms with Crippen LogP contribution in [-0.2, 0) is 13.1 Å². The topological polar surface area (TPSA) is 49.3 Å². The molecule has 2 N–H and O–H groups in total. The molecule has 0 saturated heterocycles. The first kappa shape index (κ1) is 9.22. The summed E-state index contributed by atoms with van der Waals surface area (Å²) in [5.41, 5.74) is 0. The molecule has 68 valence electrons. The van der Waals surface area contributed by atoms with E-state index in [-0.39, 0.29) is 12.7 Å². The van der Waals surface area contributed by atoms with Crippen LogP contribution in [0.3, 0.4) is 0 Å². The van der Waals surface area contributed by atoms with Crippen LogP contribution in [0.5, 0.6) is 0 Å². The Labute approximate surface area is 71.7 Å². The van der Waals surface area contributed by atoms with E-state index in [2.05, 4.69) is 0 Å². The van der Waals surface area contributed by atoms with Gasteiger partial charge in [-0.05, 0) is 6.92 Å². The summed E-state index contributed by atoms with van der Waals surface area (Å²) in [4.78, 5) is 0. The second-order valence-electron chi connectivity index (χ2n) is 2.92. The molecule has 0 spiro atoms. The highest BCUT2D eigenvalue weighted by atomic mass is 16.3. The summed E-state index contributed by atoms with van der Waals surface area (Å²) >= 11 is 0. The van der Waals surface area contributed by atoms with E-state index >= 15 is 0 Å². The maximum absolute atomic E-state index is 9.07. The molecule has 1 unspecified atom stereocenters. The third-order valence-corrected chi connectivity index (χ3v) is 1.58. The fourth-order valence-electron chi connectivity index (χ4n) is 1.10. The Hall–Kier alpha value is -0.870. The molecule has 1 heterocycles. The van der Waals surface area contributed by atoms with Gasteiger partial charge < -0.3 is 10.2 Å². The van der Waals surface area contributed by atoms with Crippen LogP contribution in [0.25, 0.3) is 0 Å². The third-order valence-electron chi connectivity index (χ3n) is 1.58. The first-order valence-corrected chi connectivity index (χ1v) is 4.06. The zero-order valence-electron chi connectivity index (χ0n) is 7.22. The second kappa shape index (κ2) is 4.23. The number of hydrogen-bond donors (Lipinski definition) is 2. The maximum atomic E-state index is 9.07. The van der Waals surface area contributed by atoms with Crippen LogP contribution in [0.1, 0.15) is 6.92 Å². The van der Waals surface area contributed by atoms with Gasteiger partial charge in [-0.1, -0.05) is 0 Å². The molecule has 0 aliphatic rings. The lowest BCUT2D eigenvalue weighted by molar-refractivity contribution is -0.702. The van der Waals surface area contributed by atoms with Gasteiger partial charge in [-0.3, -0.25) is 0 Å². The van der Waals surface area contributed by atoms with Gasteiger partial charge in [0.15, 0.2) is 0 Å². The summed E-state index contributed by atoms with van der Waals surface area (Å²) in [5.74, 6) is 0. The highest BCUT2D eigenvalue weighted by Gasteiger charge is 2.04.